The second-order valence-electron chi connectivity index (χ2n) is 7.16. The van der Waals surface area contributed by atoms with E-state index in [2.05, 4.69) is 32.5 Å². The summed E-state index contributed by atoms with van der Waals surface area (Å²) in [5.74, 6) is 0.408. The highest BCUT2D eigenvalue weighted by molar-refractivity contribution is 6.28. The van der Waals surface area contributed by atoms with Crippen molar-refractivity contribution in [2.75, 3.05) is 25.6 Å². The van der Waals surface area contributed by atoms with E-state index >= 15 is 0 Å². The number of rotatable bonds is 7. The summed E-state index contributed by atoms with van der Waals surface area (Å²) in [5, 5.41) is 31.5. The molecule has 30 heavy (non-hydrogen) atoms. The fourth-order valence-electron chi connectivity index (χ4n) is 3.44. The van der Waals surface area contributed by atoms with E-state index in [1.54, 1.807) is 0 Å². The largest absolute Gasteiger partial charge is 0.394 e. The van der Waals surface area contributed by atoms with Crippen molar-refractivity contribution in [1.82, 2.24) is 24.5 Å². The van der Waals surface area contributed by atoms with Crippen LogP contribution >= 0.6 is 11.6 Å². The molecule has 4 rings (SSSR count). The summed E-state index contributed by atoms with van der Waals surface area (Å²) in [5.41, 5.74) is 5.15. The predicted molar refractivity (Wildman–Crippen MR) is 110 cm³/mol. The van der Waals surface area contributed by atoms with Crippen molar-refractivity contribution in [3.63, 3.8) is 0 Å². The van der Waals surface area contributed by atoms with Gasteiger partial charge in [-0.25, -0.2) is 9.99 Å². The fourth-order valence-corrected chi connectivity index (χ4v) is 3.61. The van der Waals surface area contributed by atoms with Crippen LogP contribution in [0.4, 0.5) is 5.82 Å². The third-order valence-electron chi connectivity index (χ3n) is 5.06. The molecule has 0 radical (unpaired) electrons. The Morgan fingerprint density at radius 2 is 1.97 bits per heavy atom. The third kappa shape index (κ3) is 4.10. The quantitative estimate of drug-likeness (QED) is 0.312. The molecule has 3 aromatic rings. The number of benzene rings is 1. The maximum Gasteiger partial charge on any atom is 0.226 e. The van der Waals surface area contributed by atoms with Gasteiger partial charge < -0.3 is 25.5 Å². The van der Waals surface area contributed by atoms with E-state index in [1.807, 2.05) is 30.3 Å². The average Bonchev–Trinajstić information content (AvgIpc) is 3.28. The first-order valence-electron chi connectivity index (χ1n) is 9.52. The molecule has 1 fully saturated rings. The van der Waals surface area contributed by atoms with Crippen molar-refractivity contribution in [3.8, 4) is 0 Å². The SMILES string of the molecule is CN(CCc1ccccc1)Nc1nc(Cl)nc2c1ncn2C1OC(CO)C(O)C1O. The second kappa shape index (κ2) is 8.80. The molecule has 4 unspecified atom stereocenters. The van der Waals surface area contributed by atoms with Gasteiger partial charge in [0, 0.05) is 13.6 Å². The van der Waals surface area contributed by atoms with Gasteiger partial charge in [0.1, 0.15) is 18.3 Å². The number of hydrogen-bond donors (Lipinski definition) is 4. The average molecular weight is 435 g/mol. The molecule has 11 heteroatoms. The summed E-state index contributed by atoms with van der Waals surface area (Å²) in [6.45, 7) is 0.290. The van der Waals surface area contributed by atoms with E-state index in [0.717, 1.165) is 6.42 Å². The molecular weight excluding hydrogens is 412 g/mol. The van der Waals surface area contributed by atoms with E-state index in [1.165, 1.54) is 16.5 Å². The molecular formula is C19H23ClN6O4. The van der Waals surface area contributed by atoms with Gasteiger partial charge in [-0.3, -0.25) is 4.57 Å². The van der Waals surface area contributed by atoms with Crippen LogP contribution in [0.25, 0.3) is 11.2 Å². The van der Waals surface area contributed by atoms with Gasteiger partial charge in [0.05, 0.1) is 12.9 Å². The molecule has 1 aliphatic rings. The minimum Gasteiger partial charge on any atom is -0.394 e. The lowest BCUT2D eigenvalue weighted by atomic mass is 10.1. The number of halogens is 1. The molecule has 2 aromatic heterocycles. The molecule has 10 nitrogen and oxygen atoms in total. The summed E-state index contributed by atoms with van der Waals surface area (Å²) in [6.07, 6.45) is -2.07. The van der Waals surface area contributed by atoms with Gasteiger partial charge in [0.2, 0.25) is 5.28 Å². The van der Waals surface area contributed by atoms with Crippen molar-refractivity contribution >= 4 is 28.6 Å². The molecule has 4 N–H and O–H groups in total. The Bertz CT molecular complexity index is 1000. The molecule has 3 heterocycles. The van der Waals surface area contributed by atoms with Gasteiger partial charge in [-0.15, -0.1) is 0 Å². The van der Waals surface area contributed by atoms with Gasteiger partial charge in [-0.05, 0) is 23.6 Å². The number of likely N-dealkylation sites (N-methyl/N-ethyl adjacent to an activating group) is 1. The first-order chi connectivity index (χ1) is 14.5. The van der Waals surface area contributed by atoms with Crippen LogP contribution in [0.5, 0.6) is 0 Å². The van der Waals surface area contributed by atoms with E-state index in [4.69, 9.17) is 16.3 Å². The van der Waals surface area contributed by atoms with Crippen LogP contribution in [0.2, 0.25) is 5.28 Å². The minimum absolute atomic E-state index is 0.00467. The van der Waals surface area contributed by atoms with Crippen molar-refractivity contribution < 1.29 is 20.1 Å². The lowest BCUT2D eigenvalue weighted by Gasteiger charge is -2.19. The van der Waals surface area contributed by atoms with E-state index in [0.29, 0.717) is 23.5 Å². The normalized spacial score (nSPS) is 24.1. The Kier molecular flexibility index (Phi) is 6.14. The summed E-state index contributed by atoms with van der Waals surface area (Å²) >= 11 is 6.12. The highest BCUT2D eigenvalue weighted by Gasteiger charge is 2.44. The van der Waals surface area contributed by atoms with Crippen LogP contribution in [-0.2, 0) is 11.2 Å². The van der Waals surface area contributed by atoms with Crippen LogP contribution in [0.3, 0.4) is 0 Å². The number of aromatic nitrogens is 4. The molecule has 0 aliphatic carbocycles. The predicted octanol–water partition coefficient (Wildman–Crippen LogP) is 0.593. The number of aliphatic hydroxyl groups excluding tert-OH is 3. The Labute approximate surface area is 177 Å². The lowest BCUT2D eigenvalue weighted by molar-refractivity contribution is -0.0511. The summed E-state index contributed by atoms with van der Waals surface area (Å²) in [7, 11) is 1.88. The number of nitrogens with one attached hydrogen (secondary N) is 1. The molecule has 1 aliphatic heterocycles. The Morgan fingerprint density at radius 1 is 1.20 bits per heavy atom. The van der Waals surface area contributed by atoms with Gasteiger partial charge in [0.15, 0.2) is 23.2 Å². The highest BCUT2D eigenvalue weighted by atomic mass is 35.5. The van der Waals surface area contributed by atoms with Crippen LogP contribution in [0.15, 0.2) is 36.7 Å². The van der Waals surface area contributed by atoms with Gasteiger partial charge >= 0.3 is 0 Å². The molecule has 0 bridgehead atoms. The van der Waals surface area contributed by atoms with E-state index < -0.39 is 31.1 Å². The molecule has 0 spiro atoms. The molecule has 0 amide bonds. The Balaban J connectivity index is 1.55. The van der Waals surface area contributed by atoms with Gasteiger partial charge in [0.25, 0.3) is 0 Å². The number of nitrogens with zero attached hydrogens (tertiary/aromatic N) is 5. The van der Waals surface area contributed by atoms with Crippen molar-refractivity contribution in [2.24, 2.45) is 0 Å². The maximum atomic E-state index is 10.3. The van der Waals surface area contributed by atoms with E-state index in [-0.39, 0.29) is 5.28 Å². The number of hydrogen-bond acceptors (Lipinski definition) is 9. The Hall–Kier alpha value is -2.34. The summed E-state index contributed by atoms with van der Waals surface area (Å²) < 4.78 is 7.05. The first-order valence-corrected chi connectivity index (χ1v) is 9.90. The highest BCUT2D eigenvalue weighted by Crippen LogP contribution is 2.32. The number of hydrazine groups is 1. The van der Waals surface area contributed by atoms with Gasteiger partial charge in [-0.1, -0.05) is 30.3 Å². The number of imidazole rings is 1. The number of ether oxygens (including phenoxy) is 1. The maximum absolute atomic E-state index is 10.3. The van der Waals surface area contributed by atoms with Crippen molar-refractivity contribution in [1.29, 1.82) is 0 Å². The van der Waals surface area contributed by atoms with Crippen LogP contribution < -0.4 is 5.43 Å². The molecule has 4 atom stereocenters. The van der Waals surface area contributed by atoms with Crippen molar-refractivity contribution in [2.45, 2.75) is 31.0 Å². The Morgan fingerprint density at radius 3 is 2.67 bits per heavy atom. The third-order valence-corrected chi connectivity index (χ3v) is 5.23. The summed E-state index contributed by atoms with van der Waals surface area (Å²) in [4.78, 5) is 12.8. The number of aliphatic hydroxyl groups is 3. The number of anilines is 1. The molecule has 160 valence electrons. The zero-order valence-corrected chi connectivity index (χ0v) is 17.0. The van der Waals surface area contributed by atoms with Gasteiger partial charge in [-0.2, -0.15) is 9.97 Å². The van der Waals surface area contributed by atoms with E-state index in [9.17, 15) is 15.3 Å². The topological polar surface area (TPSA) is 129 Å². The van der Waals surface area contributed by atoms with Crippen molar-refractivity contribution in [3.05, 3.63) is 47.5 Å². The molecule has 0 saturated carbocycles. The van der Waals surface area contributed by atoms with Crippen LogP contribution in [0.1, 0.15) is 11.8 Å². The standard InChI is InChI=1S/C19H23ClN6O4/c1-25(8-7-11-5-3-2-4-6-11)24-16-13-17(23-19(20)22-16)26(10-21-13)18-15(29)14(28)12(9-27)30-18/h2-6,10,12,14-15,18,27-29H,7-9H2,1H3,(H,22,23,24). The summed E-state index contributed by atoms with van der Waals surface area (Å²) in [6, 6.07) is 10.1. The van der Waals surface area contributed by atoms with Crippen LogP contribution in [0, 0.1) is 0 Å². The molecule has 1 aromatic carbocycles. The molecule has 1 saturated heterocycles. The minimum atomic E-state index is -1.25. The number of fused-ring (bicyclic) bond motifs is 1. The fraction of sp³-hybridized carbons (Fsp3) is 0.421. The first kappa shape index (κ1) is 20.9. The lowest BCUT2D eigenvalue weighted by Crippen LogP contribution is -2.33. The second-order valence-corrected chi connectivity index (χ2v) is 7.50. The zero-order chi connectivity index (χ0) is 21.3. The smallest absolute Gasteiger partial charge is 0.226 e. The monoisotopic (exact) mass is 434 g/mol. The van der Waals surface area contributed by atoms with Crippen LogP contribution in [-0.4, -0.2) is 78.4 Å². The zero-order valence-electron chi connectivity index (χ0n) is 16.3.